The van der Waals surface area contributed by atoms with Crippen molar-refractivity contribution < 1.29 is 23.6 Å². The lowest BCUT2D eigenvalue weighted by molar-refractivity contribution is -0.121. The summed E-state index contributed by atoms with van der Waals surface area (Å²) in [7, 11) is 3.09. The minimum atomic E-state index is -0.365. The summed E-state index contributed by atoms with van der Waals surface area (Å²) in [6, 6.07) is 8.68. The van der Waals surface area contributed by atoms with Crippen molar-refractivity contribution in [2.45, 2.75) is 12.8 Å². The van der Waals surface area contributed by atoms with Gasteiger partial charge in [-0.05, 0) is 29.6 Å². The number of nitrogens with one attached hydrogen (secondary N) is 2. The van der Waals surface area contributed by atoms with E-state index < -0.39 is 0 Å². The lowest BCUT2D eigenvalue weighted by Crippen LogP contribution is -2.41. The van der Waals surface area contributed by atoms with Gasteiger partial charge >= 0.3 is 0 Å². The van der Waals surface area contributed by atoms with Crippen LogP contribution in [0.15, 0.2) is 40.2 Å². The van der Waals surface area contributed by atoms with Gasteiger partial charge in [0.25, 0.3) is 5.91 Å². The predicted octanol–water partition coefficient (Wildman–Crippen LogP) is 2.21. The summed E-state index contributed by atoms with van der Waals surface area (Å²) in [5.41, 5.74) is 5.40. The van der Waals surface area contributed by atoms with Gasteiger partial charge in [-0.1, -0.05) is 11.2 Å². The first-order chi connectivity index (χ1) is 13.6. The van der Waals surface area contributed by atoms with E-state index in [1.54, 1.807) is 49.9 Å². The number of aromatic nitrogens is 2. The van der Waals surface area contributed by atoms with Crippen LogP contribution in [0.2, 0.25) is 0 Å². The zero-order chi connectivity index (χ0) is 19.9. The van der Waals surface area contributed by atoms with Crippen LogP contribution in [0.4, 0.5) is 0 Å². The Morgan fingerprint density at radius 1 is 1.14 bits per heavy atom. The molecule has 2 heterocycles. The summed E-state index contributed by atoms with van der Waals surface area (Å²) in [6.45, 7) is 0. The fourth-order valence-electron chi connectivity index (χ4n) is 2.33. The summed E-state index contributed by atoms with van der Waals surface area (Å²) >= 11 is 1.29. The molecule has 0 aliphatic heterocycles. The van der Waals surface area contributed by atoms with Crippen molar-refractivity contribution in [3.8, 4) is 22.9 Å². The Hall–Kier alpha value is -3.40. The lowest BCUT2D eigenvalue weighted by Gasteiger charge is -2.07. The number of carbonyl (C=O) groups is 2. The van der Waals surface area contributed by atoms with Crippen molar-refractivity contribution in [3.05, 3.63) is 46.5 Å². The molecule has 3 aromatic rings. The minimum absolute atomic E-state index is 0.0816. The van der Waals surface area contributed by atoms with Crippen LogP contribution < -0.4 is 20.3 Å². The van der Waals surface area contributed by atoms with E-state index in [9.17, 15) is 9.59 Å². The van der Waals surface area contributed by atoms with Crippen molar-refractivity contribution in [1.82, 2.24) is 21.0 Å². The van der Waals surface area contributed by atoms with E-state index in [1.807, 2.05) is 0 Å². The minimum Gasteiger partial charge on any atom is -0.493 e. The zero-order valence-electron chi connectivity index (χ0n) is 15.2. The van der Waals surface area contributed by atoms with Crippen molar-refractivity contribution in [2.24, 2.45) is 0 Å². The summed E-state index contributed by atoms with van der Waals surface area (Å²) in [4.78, 5) is 28.4. The largest absolute Gasteiger partial charge is 0.493 e. The van der Waals surface area contributed by atoms with E-state index >= 15 is 0 Å². The second-order valence-electron chi connectivity index (χ2n) is 5.56. The maximum absolute atomic E-state index is 11.9. The zero-order valence-corrected chi connectivity index (χ0v) is 16.0. The highest BCUT2D eigenvalue weighted by Gasteiger charge is 2.14. The molecule has 146 valence electrons. The molecule has 0 bridgehead atoms. The molecular formula is C18H18N4O5S. The Labute approximate surface area is 164 Å². The number of nitrogens with zero attached hydrogens (tertiary/aromatic N) is 2. The summed E-state index contributed by atoms with van der Waals surface area (Å²) in [6.07, 6.45) is 0.319. The van der Waals surface area contributed by atoms with Crippen molar-refractivity contribution >= 4 is 23.2 Å². The maximum atomic E-state index is 11.9. The second-order valence-corrected chi connectivity index (χ2v) is 6.51. The lowest BCUT2D eigenvalue weighted by atomic mass is 10.2. The van der Waals surface area contributed by atoms with Gasteiger partial charge < -0.3 is 14.0 Å². The number of carbonyl (C=O) groups excluding carboxylic acids is 2. The van der Waals surface area contributed by atoms with E-state index in [2.05, 4.69) is 21.0 Å². The molecule has 3 rings (SSSR count). The number of aryl methyl sites for hydroxylation is 1. The third-order valence-electron chi connectivity index (χ3n) is 3.74. The van der Waals surface area contributed by atoms with Crippen LogP contribution in [0.25, 0.3) is 11.4 Å². The number of hydrogen-bond acceptors (Lipinski definition) is 8. The Morgan fingerprint density at radius 3 is 2.68 bits per heavy atom. The van der Waals surface area contributed by atoms with Gasteiger partial charge in [-0.3, -0.25) is 20.4 Å². The highest BCUT2D eigenvalue weighted by Crippen LogP contribution is 2.31. The van der Waals surface area contributed by atoms with Gasteiger partial charge in [0.15, 0.2) is 11.5 Å². The standard InChI is InChI=1S/C18H18N4O5S/c1-25-12-6-5-11(10-13(12)26-2)17-19-16(27-22-17)8-7-15(23)20-21-18(24)14-4-3-9-28-14/h3-6,9-10H,7-8H2,1-2H3,(H,20,23)(H,21,24). The molecule has 0 fully saturated rings. The van der Waals surface area contributed by atoms with Crippen LogP contribution in [0.3, 0.4) is 0 Å². The molecule has 9 nitrogen and oxygen atoms in total. The van der Waals surface area contributed by atoms with Gasteiger partial charge in [-0.15, -0.1) is 11.3 Å². The van der Waals surface area contributed by atoms with Crippen molar-refractivity contribution in [2.75, 3.05) is 14.2 Å². The fourth-order valence-corrected chi connectivity index (χ4v) is 2.95. The van der Waals surface area contributed by atoms with E-state index in [-0.39, 0.29) is 24.7 Å². The molecule has 0 radical (unpaired) electrons. The van der Waals surface area contributed by atoms with Crippen LogP contribution in [0.1, 0.15) is 22.0 Å². The summed E-state index contributed by atoms with van der Waals surface area (Å²) in [5, 5.41) is 5.70. The molecule has 0 atom stereocenters. The topological polar surface area (TPSA) is 116 Å². The van der Waals surface area contributed by atoms with E-state index in [0.717, 1.165) is 0 Å². The van der Waals surface area contributed by atoms with Gasteiger partial charge in [0, 0.05) is 18.4 Å². The van der Waals surface area contributed by atoms with E-state index in [0.29, 0.717) is 33.7 Å². The van der Waals surface area contributed by atoms with Crippen LogP contribution in [0, 0.1) is 0 Å². The van der Waals surface area contributed by atoms with Crippen molar-refractivity contribution in [1.29, 1.82) is 0 Å². The smallest absolute Gasteiger partial charge is 0.279 e. The van der Waals surface area contributed by atoms with Gasteiger partial charge in [0.05, 0.1) is 19.1 Å². The molecule has 2 N–H and O–H groups in total. The third-order valence-corrected chi connectivity index (χ3v) is 4.60. The van der Waals surface area contributed by atoms with Gasteiger partial charge in [-0.25, -0.2) is 0 Å². The summed E-state index contributed by atoms with van der Waals surface area (Å²) < 4.78 is 15.6. The average molecular weight is 402 g/mol. The molecule has 2 amide bonds. The number of hydrogen-bond donors (Lipinski definition) is 2. The molecule has 10 heteroatoms. The van der Waals surface area contributed by atoms with Crippen molar-refractivity contribution in [3.63, 3.8) is 0 Å². The first-order valence-electron chi connectivity index (χ1n) is 8.28. The molecule has 1 aromatic carbocycles. The number of ether oxygens (including phenoxy) is 2. The predicted molar refractivity (Wildman–Crippen MR) is 101 cm³/mol. The third kappa shape index (κ3) is 4.65. The van der Waals surface area contributed by atoms with E-state index in [1.165, 1.54) is 11.3 Å². The Balaban J connectivity index is 1.53. The maximum Gasteiger partial charge on any atom is 0.279 e. The number of thiophene rings is 1. The monoisotopic (exact) mass is 402 g/mol. The Bertz CT molecular complexity index is 955. The first kappa shape index (κ1) is 19.4. The van der Waals surface area contributed by atoms with E-state index in [4.69, 9.17) is 14.0 Å². The first-order valence-corrected chi connectivity index (χ1v) is 9.16. The number of benzene rings is 1. The molecule has 0 aliphatic carbocycles. The summed E-state index contributed by atoms with van der Waals surface area (Å²) in [5.74, 6) is 1.10. The van der Waals surface area contributed by atoms with Gasteiger partial charge in [0.2, 0.25) is 17.6 Å². The molecule has 0 aliphatic rings. The average Bonchev–Trinajstić information content (AvgIpc) is 3.42. The van der Waals surface area contributed by atoms with Gasteiger partial charge in [-0.2, -0.15) is 4.98 Å². The SMILES string of the molecule is COc1ccc(-c2noc(CCC(=O)NNC(=O)c3cccs3)n2)cc1OC. The highest BCUT2D eigenvalue weighted by atomic mass is 32.1. The molecule has 0 unspecified atom stereocenters. The molecule has 0 spiro atoms. The Kier molecular flexibility index (Phi) is 6.22. The Morgan fingerprint density at radius 2 is 1.96 bits per heavy atom. The quantitative estimate of drug-likeness (QED) is 0.582. The number of methoxy groups -OCH3 is 2. The fraction of sp³-hybridized carbons (Fsp3) is 0.222. The molecular weight excluding hydrogens is 384 g/mol. The normalized spacial score (nSPS) is 10.4. The van der Waals surface area contributed by atoms with Gasteiger partial charge in [0.1, 0.15) is 0 Å². The van der Waals surface area contributed by atoms with Crippen LogP contribution in [0.5, 0.6) is 11.5 Å². The van der Waals surface area contributed by atoms with Crippen LogP contribution in [-0.4, -0.2) is 36.2 Å². The number of amides is 2. The molecule has 0 saturated heterocycles. The number of rotatable bonds is 7. The van der Waals surface area contributed by atoms with Crippen LogP contribution >= 0.6 is 11.3 Å². The number of hydrazine groups is 1. The second kappa shape index (κ2) is 9.00. The molecule has 2 aromatic heterocycles. The molecule has 0 saturated carbocycles. The molecule has 28 heavy (non-hydrogen) atoms. The van der Waals surface area contributed by atoms with Crippen LogP contribution in [-0.2, 0) is 11.2 Å². The highest BCUT2D eigenvalue weighted by molar-refractivity contribution is 7.12.